The molecule has 1 atom stereocenters. The van der Waals surface area contributed by atoms with E-state index in [2.05, 4.69) is 19.1 Å². The van der Waals surface area contributed by atoms with E-state index in [9.17, 15) is 4.79 Å². The lowest BCUT2D eigenvalue weighted by Crippen LogP contribution is -2.20. The Kier molecular flexibility index (Phi) is 6.02. The summed E-state index contributed by atoms with van der Waals surface area (Å²) in [5.41, 5.74) is 9.30. The molecule has 0 radical (unpaired) electrons. The molecule has 0 spiro atoms. The molecule has 0 aliphatic heterocycles. The molecule has 4 heteroatoms. The highest BCUT2D eigenvalue weighted by atomic mass is 32.1. The van der Waals surface area contributed by atoms with Crippen molar-refractivity contribution < 1.29 is 9.90 Å². The predicted octanol–water partition coefficient (Wildman–Crippen LogP) is 3.88. The lowest BCUT2D eigenvalue weighted by atomic mass is 9.98. The van der Waals surface area contributed by atoms with Gasteiger partial charge >= 0.3 is 5.97 Å². The van der Waals surface area contributed by atoms with Gasteiger partial charge in [0.2, 0.25) is 0 Å². The molecule has 1 unspecified atom stereocenters. The maximum absolute atomic E-state index is 11.0. The molecule has 0 saturated heterocycles. The number of hydrogen-bond acceptors (Lipinski definition) is 3. The maximum Gasteiger partial charge on any atom is 0.325 e. The Bertz CT molecular complexity index is 695. The third-order valence-corrected chi connectivity index (χ3v) is 4.28. The van der Waals surface area contributed by atoms with E-state index in [1.54, 1.807) is 18.2 Å². The van der Waals surface area contributed by atoms with Crippen molar-refractivity contribution in [3.05, 3.63) is 70.8 Å². The molecule has 3 N–H and O–H groups in total. The molecule has 0 aliphatic carbocycles. The van der Waals surface area contributed by atoms with Crippen LogP contribution in [0.2, 0.25) is 0 Å². The topological polar surface area (TPSA) is 63.3 Å². The summed E-state index contributed by atoms with van der Waals surface area (Å²) in [7, 11) is 0. The second kappa shape index (κ2) is 7.99. The van der Waals surface area contributed by atoms with Gasteiger partial charge in [0.05, 0.1) is 4.86 Å². The van der Waals surface area contributed by atoms with Crippen LogP contribution < -0.4 is 5.73 Å². The first kappa shape index (κ1) is 17.3. The van der Waals surface area contributed by atoms with E-state index in [1.807, 2.05) is 18.2 Å². The Balaban J connectivity index is 2.20. The van der Waals surface area contributed by atoms with Gasteiger partial charge in [-0.25, -0.2) is 0 Å². The molecule has 0 heterocycles. The van der Waals surface area contributed by atoms with Gasteiger partial charge in [-0.2, -0.15) is 0 Å². The number of nitrogens with two attached hydrogens (primary N) is 1. The van der Waals surface area contributed by atoms with Crippen molar-refractivity contribution in [3.8, 4) is 0 Å². The highest BCUT2D eigenvalue weighted by Crippen LogP contribution is 2.18. The van der Waals surface area contributed by atoms with Gasteiger partial charge in [-0.05, 0) is 41.2 Å². The molecule has 0 amide bonds. The summed E-state index contributed by atoms with van der Waals surface area (Å²) in [5.74, 6) is -1.05. The fourth-order valence-electron chi connectivity index (χ4n) is 2.39. The van der Waals surface area contributed by atoms with E-state index in [-0.39, 0.29) is 0 Å². The number of carbonyl (C=O) groups is 1. The van der Waals surface area contributed by atoms with E-state index in [4.69, 9.17) is 23.1 Å². The number of hydrogen-bond donors (Lipinski definition) is 2. The van der Waals surface area contributed by atoms with Crippen molar-refractivity contribution in [1.29, 1.82) is 0 Å². The van der Waals surface area contributed by atoms with E-state index in [0.717, 1.165) is 17.5 Å². The molecule has 2 rings (SSSR count). The van der Waals surface area contributed by atoms with Gasteiger partial charge in [-0.15, -0.1) is 0 Å². The lowest BCUT2D eigenvalue weighted by molar-refractivity contribution is -0.138. The minimum atomic E-state index is -1.05. The molecule has 2 aromatic rings. The number of aryl methyl sites for hydroxylation is 1. The largest absolute Gasteiger partial charge is 0.480 e. The third kappa shape index (κ3) is 4.47. The maximum atomic E-state index is 11.0. The fraction of sp³-hybridized carbons (Fsp3) is 0.263. The van der Waals surface area contributed by atoms with Crippen LogP contribution >= 0.6 is 12.2 Å². The van der Waals surface area contributed by atoms with Gasteiger partial charge in [0.1, 0.15) is 6.04 Å². The molecule has 0 aliphatic rings. The van der Waals surface area contributed by atoms with Crippen molar-refractivity contribution in [2.24, 2.45) is 5.73 Å². The summed E-state index contributed by atoms with van der Waals surface area (Å²) in [5, 5.41) is 9.03. The van der Waals surface area contributed by atoms with Gasteiger partial charge < -0.3 is 10.8 Å². The van der Waals surface area contributed by atoms with E-state index in [0.29, 0.717) is 10.4 Å². The minimum Gasteiger partial charge on any atom is -0.480 e. The van der Waals surface area contributed by atoms with Crippen molar-refractivity contribution in [3.63, 3.8) is 0 Å². The zero-order valence-corrected chi connectivity index (χ0v) is 14.0. The van der Waals surface area contributed by atoms with Gasteiger partial charge in [-0.3, -0.25) is 4.79 Å². The van der Waals surface area contributed by atoms with Crippen molar-refractivity contribution >= 4 is 23.1 Å². The molecule has 23 heavy (non-hydrogen) atoms. The number of unbranched alkanes of at least 4 members (excludes halogenated alkanes) is 1. The van der Waals surface area contributed by atoms with Crippen LogP contribution in [0.4, 0.5) is 0 Å². The Morgan fingerprint density at radius 1 is 1.17 bits per heavy atom. The third-order valence-electron chi connectivity index (χ3n) is 3.81. The summed E-state index contributed by atoms with van der Waals surface area (Å²) in [6.07, 6.45) is 3.43. The van der Waals surface area contributed by atoms with Gasteiger partial charge in [-0.1, -0.05) is 68.0 Å². The predicted molar refractivity (Wildman–Crippen MR) is 96.9 cm³/mol. The summed E-state index contributed by atoms with van der Waals surface area (Å²) in [6, 6.07) is 14.3. The fourth-order valence-corrected chi connectivity index (χ4v) is 2.65. The monoisotopic (exact) mass is 327 g/mol. The SMILES string of the molecule is CCCCc1ccc(C(=S)c2cccc(C(N)C(=O)O)c2)cc1. The van der Waals surface area contributed by atoms with Crippen LogP contribution in [-0.4, -0.2) is 15.9 Å². The van der Waals surface area contributed by atoms with Crippen LogP contribution in [0.25, 0.3) is 0 Å². The molecule has 0 saturated carbocycles. The zero-order chi connectivity index (χ0) is 16.8. The van der Waals surface area contributed by atoms with Crippen LogP contribution in [0.15, 0.2) is 48.5 Å². The molecule has 0 fully saturated rings. The highest BCUT2D eigenvalue weighted by Gasteiger charge is 2.15. The number of carboxylic acids is 1. The lowest BCUT2D eigenvalue weighted by Gasteiger charge is -2.10. The highest BCUT2D eigenvalue weighted by molar-refractivity contribution is 7.81. The van der Waals surface area contributed by atoms with E-state index < -0.39 is 12.0 Å². The number of carboxylic acid groups (broad SMARTS) is 1. The summed E-state index contributed by atoms with van der Waals surface area (Å²) in [6.45, 7) is 2.18. The number of rotatable bonds is 7. The standard InChI is InChI=1S/C19H21NO2S/c1-2-3-5-13-8-10-14(11-9-13)18(23)16-7-4-6-15(12-16)17(20)19(21)22/h4,6-12,17H,2-3,5,20H2,1H3,(H,21,22). The molecular weight excluding hydrogens is 306 g/mol. The molecule has 120 valence electrons. The molecule has 0 bridgehead atoms. The second-order valence-electron chi connectivity index (χ2n) is 5.57. The Hall–Kier alpha value is -2.04. The number of thiocarbonyl (C=S) groups is 1. The van der Waals surface area contributed by atoms with E-state index >= 15 is 0 Å². The van der Waals surface area contributed by atoms with Gasteiger partial charge in [0.15, 0.2) is 0 Å². The average molecular weight is 327 g/mol. The zero-order valence-electron chi connectivity index (χ0n) is 13.2. The van der Waals surface area contributed by atoms with Crippen LogP contribution in [0.5, 0.6) is 0 Å². The summed E-state index contributed by atoms with van der Waals surface area (Å²) < 4.78 is 0. The molecule has 2 aromatic carbocycles. The average Bonchev–Trinajstić information content (AvgIpc) is 2.59. The number of aliphatic carboxylic acids is 1. The van der Waals surface area contributed by atoms with Crippen LogP contribution in [-0.2, 0) is 11.2 Å². The van der Waals surface area contributed by atoms with Crippen molar-refractivity contribution in [2.45, 2.75) is 32.2 Å². The summed E-state index contributed by atoms with van der Waals surface area (Å²) >= 11 is 5.54. The first-order valence-corrected chi connectivity index (χ1v) is 8.15. The molecular formula is C19H21NO2S. The Morgan fingerprint density at radius 3 is 2.48 bits per heavy atom. The summed E-state index contributed by atoms with van der Waals surface area (Å²) in [4.78, 5) is 11.7. The van der Waals surface area contributed by atoms with Crippen molar-refractivity contribution in [2.75, 3.05) is 0 Å². The van der Waals surface area contributed by atoms with Gasteiger partial charge in [0.25, 0.3) is 0 Å². The quantitative estimate of drug-likeness (QED) is 0.598. The van der Waals surface area contributed by atoms with Crippen LogP contribution in [0.3, 0.4) is 0 Å². The first-order valence-electron chi connectivity index (χ1n) is 7.75. The van der Waals surface area contributed by atoms with E-state index in [1.165, 1.54) is 18.4 Å². The Morgan fingerprint density at radius 2 is 1.87 bits per heavy atom. The van der Waals surface area contributed by atoms with Gasteiger partial charge in [0, 0.05) is 0 Å². The molecule has 3 nitrogen and oxygen atoms in total. The second-order valence-corrected chi connectivity index (χ2v) is 5.98. The number of benzene rings is 2. The molecule has 0 aromatic heterocycles. The minimum absolute atomic E-state index is 0.553. The smallest absolute Gasteiger partial charge is 0.325 e. The normalized spacial score (nSPS) is 11.9. The first-order chi connectivity index (χ1) is 11.0. The van der Waals surface area contributed by atoms with Crippen LogP contribution in [0, 0.1) is 0 Å². The Labute approximate surface area is 142 Å². The van der Waals surface area contributed by atoms with Crippen molar-refractivity contribution in [1.82, 2.24) is 0 Å². The van der Waals surface area contributed by atoms with Crippen LogP contribution in [0.1, 0.15) is 48.1 Å².